The van der Waals surface area contributed by atoms with Crippen molar-refractivity contribution in [1.29, 1.82) is 0 Å². The van der Waals surface area contributed by atoms with Crippen LogP contribution in [0.1, 0.15) is 23.0 Å². The van der Waals surface area contributed by atoms with Crippen molar-refractivity contribution < 1.29 is 9.53 Å². The molecule has 0 bridgehead atoms. The van der Waals surface area contributed by atoms with Crippen LogP contribution < -0.4 is 0 Å². The molecule has 1 unspecified atom stereocenters. The first-order chi connectivity index (χ1) is 12.2. The quantitative estimate of drug-likeness (QED) is 0.367. The van der Waals surface area contributed by atoms with Crippen LogP contribution in [0, 0.1) is 0 Å². The molecule has 0 aliphatic heterocycles. The molecule has 0 N–H and O–H groups in total. The summed E-state index contributed by atoms with van der Waals surface area (Å²) in [5.41, 5.74) is 1.86. The first-order valence-corrected chi connectivity index (χ1v) is 9.42. The minimum Gasteiger partial charge on any atom is -0.452 e. The van der Waals surface area contributed by atoms with Gasteiger partial charge in [0.05, 0.1) is 20.4 Å². The van der Waals surface area contributed by atoms with Gasteiger partial charge in [0.1, 0.15) is 10.0 Å². The zero-order valence-corrected chi connectivity index (χ0v) is 15.0. The van der Waals surface area contributed by atoms with Crippen LogP contribution in [-0.2, 0) is 9.53 Å². The Balaban J connectivity index is 1.45. The van der Waals surface area contributed by atoms with Crippen molar-refractivity contribution in [3.8, 4) is 0 Å². The van der Waals surface area contributed by atoms with Gasteiger partial charge in [-0.05, 0) is 37.3 Å². The van der Waals surface area contributed by atoms with Crippen molar-refractivity contribution in [2.75, 3.05) is 0 Å². The van der Waals surface area contributed by atoms with E-state index in [1.165, 1.54) is 6.08 Å². The summed E-state index contributed by atoms with van der Waals surface area (Å²) in [4.78, 5) is 21.1. The molecule has 0 aliphatic rings. The van der Waals surface area contributed by atoms with Crippen molar-refractivity contribution in [3.63, 3.8) is 0 Å². The van der Waals surface area contributed by atoms with Crippen molar-refractivity contribution in [1.82, 2.24) is 9.97 Å². The van der Waals surface area contributed by atoms with Gasteiger partial charge < -0.3 is 4.74 Å². The Morgan fingerprint density at radius 3 is 2.32 bits per heavy atom. The van der Waals surface area contributed by atoms with E-state index in [0.29, 0.717) is 0 Å². The summed E-state index contributed by atoms with van der Waals surface area (Å²) in [6.45, 7) is 1.83. The Morgan fingerprint density at radius 2 is 1.64 bits per heavy atom. The molecule has 0 saturated heterocycles. The lowest BCUT2D eigenvalue weighted by molar-refractivity contribution is -0.142. The minimum atomic E-state index is -0.397. The average Bonchev–Trinajstić information content (AvgIpc) is 3.23. The molecule has 0 aliphatic carbocycles. The summed E-state index contributed by atoms with van der Waals surface area (Å²) >= 11 is 3.08. The summed E-state index contributed by atoms with van der Waals surface area (Å²) < 4.78 is 7.64. The monoisotopic (exact) mass is 366 g/mol. The summed E-state index contributed by atoms with van der Waals surface area (Å²) in [6, 6.07) is 15.8. The molecule has 2 aromatic carbocycles. The number of esters is 1. The van der Waals surface area contributed by atoms with Crippen molar-refractivity contribution in [2.45, 2.75) is 13.0 Å². The van der Waals surface area contributed by atoms with E-state index in [1.54, 1.807) is 28.7 Å². The Bertz CT molecular complexity index is 1020. The molecule has 124 valence electrons. The highest BCUT2D eigenvalue weighted by molar-refractivity contribution is 7.19. The average molecular weight is 366 g/mol. The molecule has 4 nitrogen and oxygen atoms in total. The second-order valence-corrected chi connectivity index (χ2v) is 7.58. The van der Waals surface area contributed by atoms with E-state index < -0.39 is 5.97 Å². The predicted octanol–water partition coefficient (Wildman–Crippen LogP) is 5.22. The Kier molecular flexibility index (Phi) is 4.29. The molecule has 4 rings (SSSR count). The van der Waals surface area contributed by atoms with Gasteiger partial charge in [0.2, 0.25) is 0 Å². The van der Waals surface area contributed by atoms with Gasteiger partial charge in [0.15, 0.2) is 6.10 Å². The second kappa shape index (κ2) is 6.74. The number of ether oxygens (including phenoxy) is 1. The van der Waals surface area contributed by atoms with E-state index in [-0.39, 0.29) is 6.10 Å². The highest BCUT2D eigenvalue weighted by Gasteiger charge is 2.14. The van der Waals surface area contributed by atoms with Crippen LogP contribution in [0.5, 0.6) is 0 Å². The van der Waals surface area contributed by atoms with Gasteiger partial charge in [-0.2, -0.15) is 0 Å². The molecule has 4 aromatic rings. The molecule has 0 spiro atoms. The van der Waals surface area contributed by atoms with E-state index in [9.17, 15) is 4.79 Å². The minimum absolute atomic E-state index is 0.384. The molecule has 1 atom stereocenters. The lowest BCUT2D eigenvalue weighted by atomic mass is 10.3. The van der Waals surface area contributed by atoms with Crippen LogP contribution >= 0.6 is 22.7 Å². The summed E-state index contributed by atoms with van der Waals surface area (Å²) in [7, 11) is 0. The maximum atomic E-state index is 12.1. The van der Waals surface area contributed by atoms with Gasteiger partial charge >= 0.3 is 5.97 Å². The largest absolute Gasteiger partial charge is 0.452 e. The third-order valence-corrected chi connectivity index (χ3v) is 5.82. The molecule has 2 heterocycles. The molecular weight excluding hydrogens is 352 g/mol. The number of hydrogen-bond acceptors (Lipinski definition) is 6. The molecule has 0 saturated carbocycles. The second-order valence-electron chi connectivity index (χ2n) is 5.45. The van der Waals surface area contributed by atoms with E-state index in [1.807, 2.05) is 55.5 Å². The van der Waals surface area contributed by atoms with Crippen molar-refractivity contribution >= 4 is 55.2 Å². The lowest BCUT2D eigenvalue weighted by Crippen LogP contribution is -2.05. The standard InChI is InChI=1S/C19H14N2O2S2/c1-12(19-21-14-7-3-5-9-16(14)25-19)23-18(22)11-10-17-20-13-6-2-4-8-15(13)24-17/h2-12H,1H3. The number of aromatic nitrogens is 2. The Labute approximate surface area is 152 Å². The topological polar surface area (TPSA) is 52.1 Å². The summed E-state index contributed by atoms with van der Waals surface area (Å²) in [5.74, 6) is -0.397. The number of para-hydroxylation sites is 2. The van der Waals surface area contributed by atoms with E-state index in [2.05, 4.69) is 9.97 Å². The SMILES string of the molecule is CC(OC(=O)C=Cc1nc2ccccc2s1)c1nc2ccccc2s1. The van der Waals surface area contributed by atoms with Crippen molar-refractivity contribution in [3.05, 3.63) is 64.6 Å². The predicted molar refractivity (Wildman–Crippen MR) is 103 cm³/mol. The third-order valence-electron chi connectivity index (χ3n) is 3.62. The maximum Gasteiger partial charge on any atom is 0.331 e. The first-order valence-electron chi connectivity index (χ1n) is 7.79. The van der Waals surface area contributed by atoms with Crippen LogP contribution in [-0.4, -0.2) is 15.9 Å². The zero-order valence-electron chi connectivity index (χ0n) is 13.4. The highest BCUT2D eigenvalue weighted by atomic mass is 32.1. The number of nitrogens with zero attached hydrogens (tertiary/aromatic N) is 2. The number of carbonyl (C=O) groups is 1. The molecule has 0 fully saturated rings. The molecule has 2 aromatic heterocycles. The van der Waals surface area contributed by atoms with Gasteiger partial charge in [0, 0.05) is 6.08 Å². The van der Waals surface area contributed by atoms with Gasteiger partial charge in [-0.1, -0.05) is 24.3 Å². The van der Waals surface area contributed by atoms with E-state index >= 15 is 0 Å². The number of fused-ring (bicyclic) bond motifs is 2. The number of rotatable bonds is 4. The number of carbonyl (C=O) groups excluding carboxylic acids is 1. The van der Waals surface area contributed by atoms with E-state index in [4.69, 9.17) is 4.74 Å². The lowest BCUT2D eigenvalue weighted by Gasteiger charge is -2.07. The van der Waals surface area contributed by atoms with Gasteiger partial charge in [-0.3, -0.25) is 0 Å². The Hall–Kier alpha value is -2.57. The highest BCUT2D eigenvalue weighted by Crippen LogP contribution is 2.28. The molecule has 0 radical (unpaired) electrons. The molecular formula is C19H14N2O2S2. The smallest absolute Gasteiger partial charge is 0.331 e. The van der Waals surface area contributed by atoms with Crippen LogP contribution in [0.25, 0.3) is 26.5 Å². The van der Waals surface area contributed by atoms with Crippen molar-refractivity contribution in [2.24, 2.45) is 0 Å². The fraction of sp³-hybridized carbons (Fsp3) is 0.105. The van der Waals surface area contributed by atoms with Gasteiger partial charge in [-0.15, -0.1) is 22.7 Å². The fourth-order valence-electron chi connectivity index (χ4n) is 2.43. The number of benzene rings is 2. The number of hydrogen-bond donors (Lipinski definition) is 0. The van der Waals surface area contributed by atoms with Crippen LogP contribution in [0.15, 0.2) is 54.6 Å². The van der Waals surface area contributed by atoms with E-state index in [0.717, 1.165) is 30.4 Å². The normalized spacial score (nSPS) is 12.8. The van der Waals surface area contributed by atoms with Gasteiger partial charge in [-0.25, -0.2) is 14.8 Å². The third kappa shape index (κ3) is 3.45. The first kappa shape index (κ1) is 15.9. The Morgan fingerprint density at radius 1 is 1.00 bits per heavy atom. The zero-order chi connectivity index (χ0) is 17.2. The maximum absolute atomic E-state index is 12.1. The molecule has 0 amide bonds. The summed E-state index contributed by atoms with van der Waals surface area (Å²) in [6.07, 6.45) is 2.73. The molecule has 25 heavy (non-hydrogen) atoms. The number of thiazole rings is 2. The van der Waals surface area contributed by atoms with Crippen LogP contribution in [0.2, 0.25) is 0 Å². The fourth-order valence-corrected chi connectivity index (χ4v) is 4.25. The van der Waals surface area contributed by atoms with Crippen LogP contribution in [0.4, 0.5) is 0 Å². The molecule has 6 heteroatoms. The van der Waals surface area contributed by atoms with Crippen LogP contribution in [0.3, 0.4) is 0 Å². The summed E-state index contributed by atoms with van der Waals surface area (Å²) in [5, 5.41) is 1.58. The van der Waals surface area contributed by atoms with Gasteiger partial charge in [0.25, 0.3) is 0 Å².